The summed E-state index contributed by atoms with van der Waals surface area (Å²) < 4.78 is 0. The van der Waals surface area contributed by atoms with E-state index in [1.165, 1.54) is 6.92 Å². The van der Waals surface area contributed by atoms with Crippen LogP contribution in [0, 0.1) is 0 Å². The summed E-state index contributed by atoms with van der Waals surface area (Å²) in [6, 6.07) is 0. The molecule has 1 aliphatic rings. The molecule has 0 atom stereocenters. The zero-order valence-electron chi connectivity index (χ0n) is 9.86. The minimum Gasteiger partial charge on any atom is -0.341 e. The largest absolute Gasteiger partial charge is 0.341 e. The van der Waals surface area contributed by atoms with Gasteiger partial charge in [-0.25, -0.2) is 4.79 Å². The number of nitrogens with one attached hydrogen (secondary N) is 1. The second kappa shape index (κ2) is 6.44. The monoisotopic (exact) mass is 229 g/mol. The van der Waals surface area contributed by atoms with E-state index in [1.807, 2.05) is 5.48 Å². The van der Waals surface area contributed by atoms with Crippen LogP contribution in [0.1, 0.15) is 13.3 Å². The van der Waals surface area contributed by atoms with Crippen molar-refractivity contribution in [3.8, 4) is 0 Å². The lowest BCUT2D eigenvalue weighted by atomic mass is 10.3. The van der Waals surface area contributed by atoms with Crippen LogP contribution < -0.4 is 5.48 Å². The van der Waals surface area contributed by atoms with Gasteiger partial charge in [-0.1, -0.05) is 0 Å². The molecule has 0 radical (unpaired) electrons. The van der Waals surface area contributed by atoms with Crippen molar-refractivity contribution in [3.05, 3.63) is 0 Å². The number of hydroxylamine groups is 1. The van der Waals surface area contributed by atoms with Gasteiger partial charge >= 0.3 is 5.97 Å². The Morgan fingerprint density at radius 3 is 2.44 bits per heavy atom. The van der Waals surface area contributed by atoms with Gasteiger partial charge in [0.05, 0.1) is 6.42 Å². The van der Waals surface area contributed by atoms with E-state index in [-0.39, 0.29) is 5.91 Å². The van der Waals surface area contributed by atoms with Crippen molar-refractivity contribution in [1.82, 2.24) is 15.3 Å². The molecule has 1 amide bonds. The van der Waals surface area contributed by atoms with Crippen LogP contribution in [0.4, 0.5) is 0 Å². The lowest BCUT2D eigenvalue weighted by molar-refractivity contribution is -0.157. The molecule has 1 aliphatic heterocycles. The SMILES string of the molecule is CC(=O)NOC(=O)CCN1CCN(C)CC1. The summed E-state index contributed by atoms with van der Waals surface area (Å²) in [6.45, 7) is 6.00. The molecular weight excluding hydrogens is 210 g/mol. The van der Waals surface area contributed by atoms with Gasteiger partial charge in [-0.15, -0.1) is 0 Å². The number of rotatable bonds is 3. The Morgan fingerprint density at radius 1 is 1.25 bits per heavy atom. The van der Waals surface area contributed by atoms with E-state index < -0.39 is 5.97 Å². The van der Waals surface area contributed by atoms with Crippen LogP contribution in [0.15, 0.2) is 0 Å². The van der Waals surface area contributed by atoms with Crippen LogP contribution in [-0.2, 0) is 14.4 Å². The summed E-state index contributed by atoms with van der Waals surface area (Å²) in [5.74, 6) is -0.762. The number of nitrogens with zero attached hydrogens (tertiary/aromatic N) is 2. The summed E-state index contributed by atoms with van der Waals surface area (Å²) in [5.41, 5.74) is 2.02. The van der Waals surface area contributed by atoms with Gasteiger partial charge in [0.25, 0.3) is 0 Å². The molecule has 6 nitrogen and oxygen atoms in total. The van der Waals surface area contributed by atoms with Gasteiger partial charge in [-0.2, -0.15) is 5.48 Å². The van der Waals surface area contributed by atoms with Crippen LogP contribution in [0.5, 0.6) is 0 Å². The number of piperazine rings is 1. The Bertz CT molecular complexity index is 250. The average molecular weight is 229 g/mol. The Labute approximate surface area is 95.5 Å². The molecule has 0 aliphatic carbocycles. The molecule has 1 heterocycles. The lowest BCUT2D eigenvalue weighted by Crippen LogP contribution is -2.45. The molecular formula is C10H19N3O3. The van der Waals surface area contributed by atoms with E-state index in [1.54, 1.807) is 0 Å². The molecule has 1 N–H and O–H groups in total. The van der Waals surface area contributed by atoms with E-state index in [4.69, 9.17) is 0 Å². The maximum atomic E-state index is 11.2. The minimum atomic E-state index is -0.394. The van der Waals surface area contributed by atoms with Crippen LogP contribution >= 0.6 is 0 Å². The lowest BCUT2D eigenvalue weighted by Gasteiger charge is -2.31. The second-order valence-corrected chi connectivity index (χ2v) is 4.03. The Kier molecular flexibility index (Phi) is 5.21. The topological polar surface area (TPSA) is 61.9 Å². The third-order valence-electron chi connectivity index (χ3n) is 2.54. The first-order valence-corrected chi connectivity index (χ1v) is 5.45. The Morgan fingerprint density at radius 2 is 1.88 bits per heavy atom. The maximum Gasteiger partial charge on any atom is 0.333 e. The highest BCUT2D eigenvalue weighted by molar-refractivity contribution is 5.75. The van der Waals surface area contributed by atoms with Crippen LogP contribution in [0.3, 0.4) is 0 Å². The van der Waals surface area contributed by atoms with Gasteiger partial charge in [0.2, 0.25) is 5.91 Å². The molecule has 0 bridgehead atoms. The smallest absolute Gasteiger partial charge is 0.333 e. The molecule has 0 aromatic carbocycles. The molecule has 0 spiro atoms. The third kappa shape index (κ3) is 5.09. The summed E-state index contributed by atoms with van der Waals surface area (Å²) in [5, 5.41) is 0. The number of hydrogen-bond donors (Lipinski definition) is 1. The Hall–Kier alpha value is -1.14. The average Bonchev–Trinajstić information content (AvgIpc) is 2.25. The predicted molar refractivity (Wildman–Crippen MR) is 58.5 cm³/mol. The fourth-order valence-corrected chi connectivity index (χ4v) is 1.50. The number of carbonyl (C=O) groups is 2. The van der Waals surface area contributed by atoms with E-state index in [0.717, 1.165) is 26.2 Å². The van der Waals surface area contributed by atoms with Crippen LogP contribution in [0.2, 0.25) is 0 Å². The molecule has 1 fully saturated rings. The quantitative estimate of drug-likeness (QED) is 0.643. The fourth-order valence-electron chi connectivity index (χ4n) is 1.50. The molecule has 1 rings (SSSR count). The number of carbonyl (C=O) groups excluding carboxylic acids is 2. The molecule has 1 saturated heterocycles. The highest BCUT2D eigenvalue weighted by Crippen LogP contribution is 2.00. The minimum absolute atomic E-state index is 0.310. The fraction of sp³-hybridized carbons (Fsp3) is 0.800. The van der Waals surface area contributed by atoms with Crippen molar-refractivity contribution in [1.29, 1.82) is 0 Å². The van der Waals surface area contributed by atoms with E-state index >= 15 is 0 Å². The number of likely N-dealkylation sites (N-methyl/N-ethyl adjacent to an activating group) is 1. The normalized spacial score (nSPS) is 18.1. The first-order chi connectivity index (χ1) is 7.58. The highest BCUT2D eigenvalue weighted by atomic mass is 16.7. The number of amides is 1. The van der Waals surface area contributed by atoms with Crippen LogP contribution in [-0.4, -0.2) is 61.4 Å². The molecule has 0 saturated carbocycles. The van der Waals surface area contributed by atoms with E-state index in [2.05, 4.69) is 21.7 Å². The van der Waals surface area contributed by atoms with Crippen molar-refractivity contribution in [2.75, 3.05) is 39.8 Å². The molecule has 92 valence electrons. The third-order valence-corrected chi connectivity index (χ3v) is 2.54. The summed E-state index contributed by atoms with van der Waals surface area (Å²) in [6.07, 6.45) is 0.310. The second-order valence-electron chi connectivity index (χ2n) is 4.03. The highest BCUT2D eigenvalue weighted by Gasteiger charge is 2.15. The molecule has 6 heteroatoms. The zero-order valence-corrected chi connectivity index (χ0v) is 9.86. The molecule has 0 aromatic heterocycles. The Balaban J connectivity index is 2.09. The number of hydrogen-bond acceptors (Lipinski definition) is 5. The summed E-state index contributed by atoms with van der Waals surface area (Å²) in [4.78, 5) is 30.7. The van der Waals surface area contributed by atoms with Crippen molar-refractivity contribution < 1.29 is 14.4 Å². The van der Waals surface area contributed by atoms with Crippen molar-refractivity contribution in [3.63, 3.8) is 0 Å². The maximum absolute atomic E-state index is 11.2. The summed E-state index contributed by atoms with van der Waals surface area (Å²) >= 11 is 0. The van der Waals surface area contributed by atoms with Gasteiger partial charge in [0.1, 0.15) is 0 Å². The van der Waals surface area contributed by atoms with E-state index in [9.17, 15) is 9.59 Å². The first-order valence-electron chi connectivity index (χ1n) is 5.45. The van der Waals surface area contributed by atoms with Gasteiger partial charge < -0.3 is 14.6 Å². The standard InChI is InChI=1S/C10H19N3O3/c1-9(14)11-16-10(15)3-4-13-7-5-12(2)6-8-13/h3-8H2,1-2H3,(H,11,14). The van der Waals surface area contributed by atoms with Gasteiger partial charge in [0, 0.05) is 39.6 Å². The zero-order chi connectivity index (χ0) is 12.0. The molecule has 0 aromatic rings. The summed E-state index contributed by atoms with van der Waals surface area (Å²) in [7, 11) is 2.09. The first kappa shape index (κ1) is 12.9. The van der Waals surface area contributed by atoms with Gasteiger partial charge in [0.15, 0.2) is 0 Å². The van der Waals surface area contributed by atoms with E-state index in [0.29, 0.717) is 13.0 Å². The van der Waals surface area contributed by atoms with Crippen molar-refractivity contribution >= 4 is 11.9 Å². The van der Waals surface area contributed by atoms with Crippen LogP contribution in [0.25, 0.3) is 0 Å². The predicted octanol–water partition coefficient (Wildman–Crippen LogP) is -0.782. The van der Waals surface area contributed by atoms with Crippen molar-refractivity contribution in [2.45, 2.75) is 13.3 Å². The molecule has 16 heavy (non-hydrogen) atoms. The van der Waals surface area contributed by atoms with Gasteiger partial charge in [-0.05, 0) is 7.05 Å². The van der Waals surface area contributed by atoms with Crippen molar-refractivity contribution in [2.24, 2.45) is 0 Å². The van der Waals surface area contributed by atoms with Gasteiger partial charge in [-0.3, -0.25) is 4.79 Å². The molecule has 0 unspecified atom stereocenters.